The average Bonchev–Trinajstić information content (AvgIpc) is 3.19. The molecule has 0 fully saturated rings. The summed E-state index contributed by atoms with van der Waals surface area (Å²) in [5.41, 5.74) is 3.84. The van der Waals surface area contributed by atoms with Gasteiger partial charge in [0.2, 0.25) is 5.89 Å². The van der Waals surface area contributed by atoms with E-state index in [0.29, 0.717) is 33.7 Å². The highest BCUT2D eigenvalue weighted by Crippen LogP contribution is 2.36. The van der Waals surface area contributed by atoms with E-state index in [1.165, 1.54) is 0 Å². The predicted molar refractivity (Wildman–Crippen MR) is 127 cm³/mol. The molecule has 3 N–H and O–H groups in total. The molecule has 0 unspecified atom stereocenters. The van der Waals surface area contributed by atoms with Crippen LogP contribution in [-0.4, -0.2) is 27.7 Å². The Morgan fingerprint density at radius 1 is 1.09 bits per heavy atom. The van der Waals surface area contributed by atoms with E-state index in [1.54, 1.807) is 25.1 Å². The number of anilines is 1. The van der Waals surface area contributed by atoms with E-state index in [-0.39, 0.29) is 29.3 Å². The Morgan fingerprint density at radius 3 is 2.62 bits per heavy atom. The molecule has 162 valence electrons. The van der Waals surface area contributed by atoms with Crippen molar-refractivity contribution in [2.24, 2.45) is 0 Å². The molecule has 0 saturated carbocycles. The van der Waals surface area contributed by atoms with Crippen LogP contribution in [0, 0.1) is 13.8 Å². The molecular weight excluding hydrogens is 426 g/mol. The van der Waals surface area contributed by atoms with Crippen LogP contribution in [0.25, 0.3) is 22.6 Å². The van der Waals surface area contributed by atoms with Crippen molar-refractivity contribution in [2.45, 2.75) is 13.8 Å². The number of amides is 1. The van der Waals surface area contributed by atoms with Crippen LogP contribution in [0.3, 0.4) is 0 Å². The van der Waals surface area contributed by atoms with E-state index in [9.17, 15) is 9.90 Å². The highest BCUT2D eigenvalue weighted by Gasteiger charge is 2.16. The van der Waals surface area contributed by atoms with Gasteiger partial charge in [-0.25, -0.2) is 4.98 Å². The SMILES string of the molecule is Cc1ccccc1OCC(=O)NC(=S)Nc1cc(C)c(O)c(-c2nc3ccccc3o2)c1. The van der Waals surface area contributed by atoms with Crippen LogP contribution in [0.5, 0.6) is 11.5 Å². The summed E-state index contributed by atoms with van der Waals surface area (Å²) in [5.74, 6) is 0.597. The third-order valence-corrected chi connectivity index (χ3v) is 4.99. The highest BCUT2D eigenvalue weighted by molar-refractivity contribution is 7.80. The number of hydrogen-bond donors (Lipinski definition) is 3. The normalized spacial score (nSPS) is 10.7. The maximum Gasteiger partial charge on any atom is 0.264 e. The third kappa shape index (κ3) is 4.70. The standard InChI is InChI=1S/C24H21N3O4S/c1-14-7-3-5-9-19(14)30-13-21(28)27-24(32)25-16-11-15(2)22(29)17(12-16)23-26-18-8-4-6-10-20(18)31-23/h3-12,29H,13H2,1-2H3,(H2,25,27,28,32). The number of thiocarbonyl (C=S) groups is 1. The molecule has 8 heteroatoms. The van der Waals surface area contributed by atoms with Gasteiger partial charge in [-0.2, -0.15) is 0 Å². The van der Waals surface area contributed by atoms with Gasteiger partial charge in [0.05, 0.1) is 5.56 Å². The van der Waals surface area contributed by atoms with E-state index in [0.717, 1.165) is 5.56 Å². The summed E-state index contributed by atoms with van der Waals surface area (Å²) < 4.78 is 11.3. The second kappa shape index (κ2) is 9.07. The summed E-state index contributed by atoms with van der Waals surface area (Å²) in [5, 5.41) is 16.2. The first-order valence-corrected chi connectivity index (χ1v) is 10.3. The number of nitrogens with zero attached hydrogens (tertiary/aromatic N) is 1. The monoisotopic (exact) mass is 447 g/mol. The Hall–Kier alpha value is -3.91. The summed E-state index contributed by atoms with van der Waals surface area (Å²) in [7, 11) is 0. The van der Waals surface area contributed by atoms with E-state index >= 15 is 0 Å². The van der Waals surface area contributed by atoms with Crippen molar-refractivity contribution in [1.82, 2.24) is 10.3 Å². The number of carbonyl (C=O) groups excluding carboxylic acids is 1. The Morgan fingerprint density at radius 2 is 1.84 bits per heavy atom. The molecule has 0 atom stereocenters. The first-order chi connectivity index (χ1) is 15.4. The van der Waals surface area contributed by atoms with E-state index in [1.807, 2.05) is 49.4 Å². The summed E-state index contributed by atoms with van der Waals surface area (Å²) in [6, 6.07) is 18.2. The molecule has 7 nitrogen and oxygen atoms in total. The Bertz CT molecular complexity index is 1280. The summed E-state index contributed by atoms with van der Waals surface area (Å²) in [6.45, 7) is 3.49. The van der Waals surface area contributed by atoms with Crippen LogP contribution in [0.4, 0.5) is 5.69 Å². The van der Waals surface area contributed by atoms with Gasteiger partial charge in [0, 0.05) is 5.69 Å². The lowest BCUT2D eigenvalue weighted by Crippen LogP contribution is -2.37. The molecule has 1 amide bonds. The molecule has 0 spiro atoms. The average molecular weight is 448 g/mol. The summed E-state index contributed by atoms with van der Waals surface area (Å²) in [4.78, 5) is 16.6. The number of phenolic OH excluding ortho intramolecular Hbond substituents is 1. The van der Waals surface area contributed by atoms with Crippen LogP contribution in [-0.2, 0) is 4.79 Å². The smallest absolute Gasteiger partial charge is 0.264 e. The minimum atomic E-state index is -0.388. The van der Waals surface area contributed by atoms with Gasteiger partial charge in [-0.15, -0.1) is 0 Å². The molecule has 0 bridgehead atoms. The lowest BCUT2D eigenvalue weighted by atomic mass is 10.1. The number of ether oxygens (including phenoxy) is 1. The van der Waals surface area contributed by atoms with Gasteiger partial charge in [-0.1, -0.05) is 30.3 Å². The second-order valence-electron chi connectivity index (χ2n) is 7.23. The number of fused-ring (bicyclic) bond motifs is 1. The molecule has 0 aliphatic carbocycles. The lowest BCUT2D eigenvalue weighted by Gasteiger charge is -2.13. The summed E-state index contributed by atoms with van der Waals surface area (Å²) >= 11 is 5.26. The van der Waals surface area contributed by atoms with Crippen molar-refractivity contribution >= 4 is 40.0 Å². The Balaban J connectivity index is 1.45. The number of nitrogens with one attached hydrogen (secondary N) is 2. The highest BCUT2D eigenvalue weighted by atomic mass is 32.1. The van der Waals surface area contributed by atoms with Gasteiger partial charge >= 0.3 is 0 Å². The van der Waals surface area contributed by atoms with Gasteiger partial charge in [-0.05, 0) is 67.5 Å². The van der Waals surface area contributed by atoms with Crippen LogP contribution in [0.1, 0.15) is 11.1 Å². The molecule has 32 heavy (non-hydrogen) atoms. The number of rotatable bonds is 5. The number of aromatic hydroxyl groups is 1. The summed E-state index contributed by atoms with van der Waals surface area (Å²) in [6.07, 6.45) is 0. The molecular formula is C24H21N3O4S. The molecule has 0 aliphatic rings. The maximum absolute atomic E-state index is 12.2. The van der Waals surface area contributed by atoms with Crippen molar-refractivity contribution in [3.05, 3.63) is 71.8 Å². The number of oxazole rings is 1. The molecule has 1 aromatic heterocycles. The van der Waals surface area contributed by atoms with Crippen molar-refractivity contribution < 1.29 is 19.1 Å². The van der Waals surface area contributed by atoms with Crippen molar-refractivity contribution in [3.63, 3.8) is 0 Å². The second-order valence-corrected chi connectivity index (χ2v) is 7.64. The van der Waals surface area contributed by atoms with Gasteiger partial charge < -0.3 is 19.6 Å². The van der Waals surface area contributed by atoms with Gasteiger partial charge in [-0.3, -0.25) is 10.1 Å². The molecule has 0 aliphatic heterocycles. The van der Waals surface area contributed by atoms with Crippen molar-refractivity contribution in [3.8, 4) is 23.0 Å². The molecule has 4 aromatic rings. The number of para-hydroxylation sites is 3. The van der Waals surface area contributed by atoms with Crippen LogP contribution in [0.15, 0.2) is 65.1 Å². The van der Waals surface area contributed by atoms with Crippen LogP contribution < -0.4 is 15.4 Å². The molecule has 1 heterocycles. The van der Waals surface area contributed by atoms with Crippen LogP contribution in [0.2, 0.25) is 0 Å². The van der Waals surface area contributed by atoms with E-state index in [2.05, 4.69) is 15.6 Å². The fraction of sp³-hybridized carbons (Fsp3) is 0.125. The topological polar surface area (TPSA) is 96.6 Å². The number of benzene rings is 3. The van der Waals surface area contributed by atoms with E-state index < -0.39 is 0 Å². The quantitative estimate of drug-likeness (QED) is 0.301. The zero-order valence-corrected chi connectivity index (χ0v) is 18.3. The number of aryl methyl sites for hydroxylation is 2. The lowest BCUT2D eigenvalue weighted by molar-refractivity contribution is -0.121. The Kier molecular flexibility index (Phi) is 6.04. The fourth-order valence-electron chi connectivity index (χ4n) is 3.19. The zero-order valence-electron chi connectivity index (χ0n) is 17.5. The molecule has 4 rings (SSSR count). The minimum absolute atomic E-state index is 0.0590. The molecule has 3 aromatic carbocycles. The molecule has 0 saturated heterocycles. The van der Waals surface area contributed by atoms with E-state index in [4.69, 9.17) is 21.4 Å². The third-order valence-electron chi connectivity index (χ3n) is 4.79. The number of carbonyl (C=O) groups is 1. The van der Waals surface area contributed by atoms with Gasteiger partial charge in [0.15, 0.2) is 17.3 Å². The first-order valence-electron chi connectivity index (χ1n) is 9.89. The zero-order chi connectivity index (χ0) is 22.7. The number of hydrogen-bond acceptors (Lipinski definition) is 6. The molecule has 0 radical (unpaired) electrons. The van der Waals surface area contributed by atoms with Crippen LogP contribution >= 0.6 is 12.2 Å². The largest absolute Gasteiger partial charge is 0.507 e. The van der Waals surface area contributed by atoms with Crippen molar-refractivity contribution in [2.75, 3.05) is 11.9 Å². The predicted octanol–water partition coefficient (Wildman–Crippen LogP) is 4.71. The fourth-order valence-corrected chi connectivity index (χ4v) is 3.42. The first kappa shape index (κ1) is 21.3. The number of aromatic nitrogens is 1. The Labute approximate surface area is 190 Å². The number of phenols is 1. The van der Waals surface area contributed by atoms with Gasteiger partial charge in [0.1, 0.15) is 17.0 Å². The van der Waals surface area contributed by atoms with Crippen molar-refractivity contribution in [1.29, 1.82) is 0 Å². The van der Waals surface area contributed by atoms with Gasteiger partial charge in [0.25, 0.3) is 5.91 Å². The maximum atomic E-state index is 12.2. The minimum Gasteiger partial charge on any atom is -0.507 e.